The second-order valence-electron chi connectivity index (χ2n) is 3.94. The van der Waals surface area contributed by atoms with Gasteiger partial charge in [0.2, 0.25) is 5.91 Å². The number of hydrogen-bond acceptors (Lipinski definition) is 5. The minimum absolute atomic E-state index is 0.0455. The molecule has 0 aliphatic heterocycles. The quantitative estimate of drug-likeness (QED) is 0.672. The number of rotatable bonds is 5. The number of nitrogens with one attached hydrogen (secondary N) is 3. The van der Waals surface area contributed by atoms with Crippen LogP contribution in [-0.4, -0.2) is 41.4 Å². The molecule has 1 rings (SSSR count). The first-order valence-corrected chi connectivity index (χ1v) is 5.60. The molecule has 0 aliphatic carbocycles. The summed E-state index contributed by atoms with van der Waals surface area (Å²) in [7, 11) is 1.71. The zero-order valence-electron chi connectivity index (χ0n) is 10.7. The maximum atomic E-state index is 11.6. The first-order valence-electron chi connectivity index (χ1n) is 5.60. The van der Waals surface area contributed by atoms with E-state index in [2.05, 4.69) is 25.9 Å². The molecular formula is C11H17N5O2. The predicted octanol–water partition coefficient (Wildman–Crippen LogP) is -0.227. The maximum absolute atomic E-state index is 11.6. The molecule has 0 bridgehead atoms. The van der Waals surface area contributed by atoms with Crippen molar-refractivity contribution in [2.75, 3.05) is 18.9 Å². The van der Waals surface area contributed by atoms with Crippen molar-refractivity contribution in [3.05, 3.63) is 18.1 Å². The van der Waals surface area contributed by atoms with Crippen LogP contribution in [0.3, 0.4) is 0 Å². The summed E-state index contributed by atoms with van der Waals surface area (Å²) in [6, 6.07) is 0.0455. The van der Waals surface area contributed by atoms with Crippen LogP contribution >= 0.6 is 0 Å². The molecule has 2 amide bonds. The molecule has 0 aromatic carbocycles. The van der Waals surface area contributed by atoms with Gasteiger partial charge < -0.3 is 16.0 Å². The summed E-state index contributed by atoms with van der Waals surface area (Å²) >= 11 is 0. The summed E-state index contributed by atoms with van der Waals surface area (Å²) in [5.41, 5.74) is 0.173. The van der Waals surface area contributed by atoms with Crippen molar-refractivity contribution in [1.82, 2.24) is 20.6 Å². The largest absolute Gasteiger partial charge is 0.372 e. The van der Waals surface area contributed by atoms with E-state index in [1.54, 1.807) is 7.05 Å². The Labute approximate surface area is 105 Å². The highest BCUT2D eigenvalue weighted by molar-refractivity contribution is 5.94. The van der Waals surface area contributed by atoms with Crippen molar-refractivity contribution in [3.63, 3.8) is 0 Å². The average molecular weight is 251 g/mol. The molecule has 0 spiro atoms. The van der Waals surface area contributed by atoms with Gasteiger partial charge in [-0.2, -0.15) is 0 Å². The van der Waals surface area contributed by atoms with Crippen LogP contribution < -0.4 is 16.0 Å². The summed E-state index contributed by atoms with van der Waals surface area (Å²) in [6.45, 7) is 3.62. The van der Waals surface area contributed by atoms with Gasteiger partial charge in [0.05, 0.1) is 18.9 Å². The average Bonchev–Trinajstić information content (AvgIpc) is 2.35. The Bertz CT molecular complexity index is 416. The van der Waals surface area contributed by atoms with Crippen LogP contribution in [0.25, 0.3) is 0 Å². The van der Waals surface area contributed by atoms with E-state index in [-0.39, 0.29) is 24.2 Å². The molecule has 1 aromatic rings. The van der Waals surface area contributed by atoms with E-state index in [1.807, 2.05) is 13.8 Å². The summed E-state index contributed by atoms with van der Waals surface area (Å²) < 4.78 is 0. The Hall–Kier alpha value is -2.18. The highest BCUT2D eigenvalue weighted by Crippen LogP contribution is 1.99. The van der Waals surface area contributed by atoms with Crippen molar-refractivity contribution >= 4 is 17.6 Å². The van der Waals surface area contributed by atoms with Gasteiger partial charge in [-0.05, 0) is 13.8 Å². The zero-order chi connectivity index (χ0) is 13.5. The van der Waals surface area contributed by atoms with Gasteiger partial charge in [0.15, 0.2) is 0 Å². The third-order valence-corrected chi connectivity index (χ3v) is 2.00. The lowest BCUT2D eigenvalue weighted by Crippen LogP contribution is -2.40. The van der Waals surface area contributed by atoms with Crippen LogP contribution in [0.15, 0.2) is 12.4 Å². The highest BCUT2D eigenvalue weighted by Gasteiger charge is 2.10. The van der Waals surface area contributed by atoms with Crippen LogP contribution in [-0.2, 0) is 4.79 Å². The minimum Gasteiger partial charge on any atom is -0.372 e. The Kier molecular flexibility index (Phi) is 5.04. The minimum atomic E-state index is -0.427. The standard InChI is InChI=1S/C11H17N5O2/c1-7(2)16-10(17)6-15-11(18)8-4-14-9(12-3)5-13-8/h4-5,7H,6H2,1-3H3,(H,12,14)(H,15,18)(H,16,17). The third-order valence-electron chi connectivity index (χ3n) is 2.00. The number of hydrogen-bond donors (Lipinski definition) is 3. The van der Waals surface area contributed by atoms with Gasteiger partial charge in [-0.25, -0.2) is 9.97 Å². The van der Waals surface area contributed by atoms with Crippen LogP contribution in [0.2, 0.25) is 0 Å². The van der Waals surface area contributed by atoms with E-state index in [9.17, 15) is 9.59 Å². The summed E-state index contributed by atoms with van der Waals surface area (Å²) in [6.07, 6.45) is 2.80. The summed E-state index contributed by atoms with van der Waals surface area (Å²) in [5, 5.41) is 7.93. The number of aromatic nitrogens is 2. The Morgan fingerprint density at radius 2 is 2.00 bits per heavy atom. The Morgan fingerprint density at radius 1 is 1.28 bits per heavy atom. The number of anilines is 1. The zero-order valence-corrected chi connectivity index (χ0v) is 10.7. The van der Waals surface area contributed by atoms with E-state index >= 15 is 0 Å². The van der Waals surface area contributed by atoms with Gasteiger partial charge >= 0.3 is 0 Å². The van der Waals surface area contributed by atoms with E-state index in [1.165, 1.54) is 12.4 Å². The molecule has 7 heteroatoms. The lowest BCUT2D eigenvalue weighted by molar-refractivity contribution is -0.120. The lowest BCUT2D eigenvalue weighted by atomic mass is 10.3. The van der Waals surface area contributed by atoms with E-state index < -0.39 is 5.91 Å². The van der Waals surface area contributed by atoms with E-state index in [4.69, 9.17) is 0 Å². The van der Waals surface area contributed by atoms with Crippen LogP contribution in [0.1, 0.15) is 24.3 Å². The third kappa shape index (κ3) is 4.36. The van der Waals surface area contributed by atoms with Gasteiger partial charge in [0.25, 0.3) is 5.91 Å². The molecule has 0 saturated carbocycles. The van der Waals surface area contributed by atoms with E-state index in [0.29, 0.717) is 5.82 Å². The Balaban J connectivity index is 2.47. The second kappa shape index (κ2) is 6.53. The molecule has 0 unspecified atom stereocenters. The first-order chi connectivity index (χ1) is 8.52. The van der Waals surface area contributed by atoms with Gasteiger partial charge in [0.1, 0.15) is 11.5 Å². The van der Waals surface area contributed by atoms with E-state index in [0.717, 1.165) is 0 Å². The maximum Gasteiger partial charge on any atom is 0.271 e. The van der Waals surface area contributed by atoms with Crippen LogP contribution in [0, 0.1) is 0 Å². The lowest BCUT2D eigenvalue weighted by Gasteiger charge is -2.09. The summed E-state index contributed by atoms with van der Waals surface area (Å²) in [4.78, 5) is 30.8. The molecule has 0 aliphatic rings. The fourth-order valence-corrected chi connectivity index (χ4v) is 1.20. The highest BCUT2D eigenvalue weighted by atomic mass is 16.2. The van der Waals surface area contributed by atoms with Crippen molar-refractivity contribution in [3.8, 4) is 0 Å². The summed E-state index contributed by atoms with van der Waals surface area (Å²) in [5.74, 6) is -0.0914. The van der Waals surface area contributed by atoms with Gasteiger partial charge in [-0.3, -0.25) is 9.59 Å². The monoisotopic (exact) mass is 251 g/mol. The smallest absolute Gasteiger partial charge is 0.271 e. The molecule has 1 heterocycles. The van der Waals surface area contributed by atoms with Crippen molar-refractivity contribution in [1.29, 1.82) is 0 Å². The molecule has 1 aromatic heterocycles. The number of amides is 2. The fourth-order valence-electron chi connectivity index (χ4n) is 1.20. The van der Waals surface area contributed by atoms with Crippen LogP contribution in [0.5, 0.6) is 0 Å². The molecule has 18 heavy (non-hydrogen) atoms. The normalized spacial score (nSPS) is 10.0. The first kappa shape index (κ1) is 13.9. The van der Waals surface area contributed by atoms with Crippen LogP contribution in [0.4, 0.5) is 5.82 Å². The molecule has 0 saturated heterocycles. The second-order valence-corrected chi connectivity index (χ2v) is 3.94. The molecule has 0 atom stereocenters. The molecule has 7 nitrogen and oxygen atoms in total. The molecule has 0 radical (unpaired) electrons. The number of carbonyl (C=O) groups is 2. The molecule has 0 fully saturated rings. The Morgan fingerprint density at radius 3 is 2.50 bits per heavy atom. The number of nitrogens with zero attached hydrogens (tertiary/aromatic N) is 2. The molecular weight excluding hydrogens is 234 g/mol. The predicted molar refractivity (Wildman–Crippen MR) is 67.2 cm³/mol. The van der Waals surface area contributed by atoms with Crippen molar-refractivity contribution in [2.24, 2.45) is 0 Å². The van der Waals surface area contributed by atoms with Gasteiger partial charge in [-0.15, -0.1) is 0 Å². The fraction of sp³-hybridized carbons (Fsp3) is 0.455. The van der Waals surface area contributed by atoms with Crippen molar-refractivity contribution in [2.45, 2.75) is 19.9 Å². The van der Waals surface area contributed by atoms with Crippen molar-refractivity contribution < 1.29 is 9.59 Å². The molecule has 3 N–H and O–H groups in total. The SMILES string of the molecule is CNc1cnc(C(=O)NCC(=O)NC(C)C)cn1. The molecule has 98 valence electrons. The topological polar surface area (TPSA) is 96.0 Å². The van der Waals surface area contributed by atoms with Gasteiger partial charge in [-0.1, -0.05) is 0 Å². The number of carbonyl (C=O) groups excluding carboxylic acids is 2. The van der Waals surface area contributed by atoms with Gasteiger partial charge in [0, 0.05) is 13.1 Å².